The Balaban J connectivity index is 2.96. The fraction of sp³-hybridized carbons (Fsp3) is 0.556. The van der Waals surface area contributed by atoms with E-state index < -0.39 is 20.3 Å². The van der Waals surface area contributed by atoms with Gasteiger partial charge in [0.1, 0.15) is 0 Å². The quantitative estimate of drug-likeness (QED) is 0.425. The molecule has 23 heavy (non-hydrogen) atoms. The van der Waals surface area contributed by atoms with Crippen LogP contribution in [-0.2, 0) is 9.16 Å². The van der Waals surface area contributed by atoms with E-state index in [9.17, 15) is 9.59 Å². The fourth-order valence-corrected chi connectivity index (χ4v) is 2.55. The van der Waals surface area contributed by atoms with Crippen molar-refractivity contribution in [1.29, 1.82) is 0 Å². The highest BCUT2D eigenvalue weighted by molar-refractivity contribution is 6.75. The van der Waals surface area contributed by atoms with Gasteiger partial charge in [0.05, 0.1) is 17.7 Å². The van der Waals surface area contributed by atoms with Crippen LogP contribution in [0.5, 0.6) is 0 Å². The Kier molecular flexibility index (Phi) is 6.56. The monoisotopic (exact) mass is 336 g/mol. The highest BCUT2D eigenvalue weighted by atomic mass is 28.4. The molecule has 0 bridgehead atoms. The minimum atomic E-state index is -2.24. The molecule has 1 aromatic rings. The Morgan fingerprint density at radius 1 is 1.04 bits per heavy atom. The second-order valence-electron chi connectivity index (χ2n) is 7.18. The molecule has 0 radical (unpaired) electrons. The lowest BCUT2D eigenvalue weighted by Gasteiger charge is -2.35. The number of carbonyl (C=O) groups excluding carboxylic acids is 2. The van der Waals surface area contributed by atoms with E-state index in [2.05, 4.69) is 20.8 Å². The lowest BCUT2D eigenvalue weighted by molar-refractivity contribution is 0.0490. The predicted octanol–water partition coefficient (Wildman–Crippen LogP) is 4.81. The minimum absolute atomic E-state index is 0.0841. The van der Waals surface area contributed by atoms with Gasteiger partial charge in [-0.05, 0) is 36.7 Å². The van der Waals surface area contributed by atoms with Crippen LogP contribution in [0.2, 0.25) is 18.1 Å². The molecule has 0 unspecified atom stereocenters. The van der Waals surface area contributed by atoms with Crippen molar-refractivity contribution in [3.05, 3.63) is 35.4 Å². The molecule has 1 rings (SSSR count). The standard InChI is InChI=1S/C18H28O4Si/c1-7-8-13-21-16(19)14-11-9-10-12-15(14)17(20)22-23(5,6)18(2,3)4/h9-12H,7-8,13H2,1-6H3. The van der Waals surface area contributed by atoms with E-state index in [4.69, 9.17) is 9.16 Å². The van der Waals surface area contributed by atoms with Gasteiger partial charge in [-0.1, -0.05) is 46.2 Å². The van der Waals surface area contributed by atoms with Gasteiger partial charge >= 0.3 is 11.9 Å². The number of unbranched alkanes of at least 4 members (excludes halogenated alkanes) is 1. The fourth-order valence-electron chi connectivity index (χ4n) is 1.67. The average Bonchev–Trinajstić information content (AvgIpc) is 2.45. The van der Waals surface area contributed by atoms with Crippen molar-refractivity contribution in [2.45, 2.75) is 58.7 Å². The molecule has 0 heterocycles. The predicted molar refractivity (Wildman–Crippen MR) is 94.2 cm³/mol. The maximum Gasteiger partial charge on any atom is 0.339 e. The molecule has 0 aromatic heterocycles. The zero-order chi connectivity index (χ0) is 17.7. The highest BCUT2D eigenvalue weighted by Gasteiger charge is 2.41. The van der Waals surface area contributed by atoms with Crippen molar-refractivity contribution in [1.82, 2.24) is 0 Å². The summed E-state index contributed by atoms with van der Waals surface area (Å²) in [5.74, 6) is -0.916. The molecule has 0 atom stereocenters. The Bertz CT molecular complexity index is 558. The Morgan fingerprint density at radius 3 is 2.04 bits per heavy atom. The van der Waals surface area contributed by atoms with Crippen molar-refractivity contribution in [3.63, 3.8) is 0 Å². The summed E-state index contributed by atoms with van der Waals surface area (Å²) >= 11 is 0. The van der Waals surface area contributed by atoms with Gasteiger partial charge in [0.25, 0.3) is 8.32 Å². The molecule has 1 aromatic carbocycles. The molecule has 0 saturated heterocycles. The number of ether oxygens (including phenoxy) is 1. The number of esters is 1. The zero-order valence-electron chi connectivity index (χ0n) is 15.1. The summed E-state index contributed by atoms with van der Waals surface area (Å²) in [4.78, 5) is 24.8. The first-order valence-corrected chi connectivity index (χ1v) is 11.0. The van der Waals surface area contributed by atoms with Crippen LogP contribution < -0.4 is 0 Å². The third-order valence-electron chi connectivity index (χ3n) is 4.25. The topological polar surface area (TPSA) is 52.6 Å². The minimum Gasteiger partial charge on any atom is -0.516 e. The maximum atomic E-state index is 12.6. The number of hydrogen-bond acceptors (Lipinski definition) is 4. The summed E-state index contributed by atoms with van der Waals surface area (Å²) in [5, 5.41) is -0.0841. The van der Waals surface area contributed by atoms with Crippen LogP contribution in [0, 0.1) is 0 Å². The molecule has 0 aliphatic heterocycles. The van der Waals surface area contributed by atoms with E-state index >= 15 is 0 Å². The van der Waals surface area contributed by atoms with E-state index in [0.717, 1.165) is 12.8 Å². The lowest BCUT2D eigenvalue weighted by Crippen LogP contribution is -2.42. The van der Waals surface area contributed by atoms with E-state index in [1.165, 1.54) is 0 Å². The summed E-state index contributed by atoms with van der Waals surface area (Å²) in [6.45, 7) is 12.6. The first-order valence-electron chi connectivity index (χ1n) is 8.09. The van der Waals surface area contributed by atoms with E-state index in [1.54, 1.807) is 24.3 Å². The van der Waals surface area contributed by atoms with Crippen LogP contribution >= 0.6 is 0 Å². The molecule has 0 spiro atoms. The van der Waals surface area contributed by atoms with Crippen molar-refractivity contribution >= 4 is 20.3 Å². The normalized spacial score (nSPS) is 11.9. The van der Waals surface area contributed by atoms with Crippen molar-refractivity contribution in [3.8, 4) is 0 Å². The molecule has 0 saturated carbocycles. The molecule has 4 nitrogen and oxygen atoms in total. The number of hydrogen-bond donors (Lipinski definition) is 0. The van der Waals surface area contributed by atoms with E-state index in [1.807, 2.05) is 20.0 Å². The van der Waals surface area contributed by atoms with Crippen LogP contribution in [0.15, 0.2) is 24.3 Å². The molecule has 0 N–H and O–H groups in total. The van der Waals surface area contributed by atoms with Gasteiger partial charge in [0, 0.05) is 0 Å². The summed E-state index contributed by atoms with van der Waals surface area (Å²) in [6, 6.07) is 6.67. The van der Waals surface area contributed by atoms with Crippen molar-refractivity contribution < 1.29 is 18.8 Å². The molecule has 0 aliphatic rings. The molecular weight excluding hydrogens is 308 g/mol. The van der Waals surface area contributed by atoms with Crippen molar-refractivity contribution in [2.24, 2.45) is 0 Å². The van der Waals surface area contributed by atoms with Crippen LogP contribution in [0.25, 0.3) is 0 Å². The Labute approximate surface area is 140 Å². The summed E-state index contributed by atoms with van der Waals surface area (Å²) in [6.07, 6.45) is 1.75. The summed E-state index contributed by atoms with van der Waals surface area (Å²) < 4.78 is 11.0. The first kappa shape index (κ1) is 19.4. The van der Waals surface area contributed by atoms with Gasteiger partial charge in [-0.2, -0.15) is 0 Å². The van der Waals surface area contributed by atoms with Crippen LogP contribution in [0.4, 0.5) is 0 Å². The lowest BCUT2D eigenvalue weighted by atomic mass is 10.1. The average molecular weight is 337 g/mol. The van der Waals surface area contributed by atoms with Gasteiger partial charge in [0.15, 0.2) is 0 Å². The van der Waals surface area contributed by atoms with Gasteiger partial charge in [0.2, 0.25) is 0 Å². The second-order valence-corrected chi connectivity index (χ2v) is 11.9. The number of carbonyl (C=O) groups is 2. The van der Waals surface area contributed by atoms with Crippen LogP contribution in [-0.4, -0.2) is 26.9 Å². The van der Waals surface area contributed by atoms with E-state index in [0.29, 0.717) is 6.61 Å². The van der Waals surface area contributed by atoms with E-state index in [-0.39, 0.29) is 16.2 Å². The van der Waals surface area contributed by atoms with Crippen molar-refractivity contribution in [2.75, 3.05) is 6.61 Å². The zero-order valence-corrected chi connectivity index (χ0v) is 16.1. The third-order valence-corrected chi connectivity index (χ3v) is 8.56. The Morgan fingerprint density at radius 2 is 1.57 bits per heavy atom. The Hall–Kier alpha value is -1.62. The number of benzene rings is 1. The molecular formula is C18H28O4Si. The van der Waals surface area contributed by atoms with Gasteiger partial charge in [-0.3, -0.25) is 0 Å². The molecule has 0 amide bonds. The second kappa shape index (κ2) is 7.77. The maximum absolute atomic E-state index is 12.6. The molecule has 5 heteroatoms. The smallest absolute Gasteiger partial charge is 0.339 e. The largest absolute Gasteiger partial charge is 0.516 e. The van der Waals surface area contributed by atoms with Crippen LogP contribution in [0.1, 0.15) is 61.3 Å². The SMILES string of the molecule is CCCCOC(=O)c1ccccc1C(=O)O[Si](C)(C)C(C)(C)C. The van der Waals surface area contributed by atoms with Gasteiger partial charge < -0.3 is 9.16 Å². The molecule has 0 aliphatic carbocycles. The molecule has 128 valence electrons. The third kappa shape index (κ3) is 5.20. The summed E-state index contributed by atoms with van der Waals surface area (Å²) in [7, 11) is -2.24. The van der Waals surface area contributed by atoms with Gasteiger partial charge in [-0.15, -0.1) is 0 Å². The van der Waals surface area contributed by atoms with Crippen LogP contribution in [0.3, 0.4) is 0 Å². The molecule has 0 fully saturated rings. The highest BCUT2D eigenvalue weighted by Crippen LogP contribution is 2.37. The number of rotatable bonds is 6. The van der Waals surface area contributed by atoms with Gasteiger partial charge in [-0.25, -0.2) is 9.59 Å². The first-order chi connectivity index (χ1) is 10.6. The summed E-state index contributed by atoms with van der Waals surface area (Å²) in [5.41, 5.74) is 0.547.